The Balaban J connectivity index is 1.47. The van der Waals surface area contributed by atoms with Crippen LogP contribution in [0.2, 0.25) is 0 Å². The number of nitrogens with zero attached hydrogens (tertiary/aromatic N) is 2. The number of carbonyl (C=O) groups excluding carboxylic acids is 1. The quantitative estimate of drug-likeness (QED) is 0.916. The lowest BCUT2D eigenvalue weighted by Gasteiger charge is -2.41. The molecule has 0 atom stereocenters. The second-order valence-corrected chi connectivity index (χ2v) is 7.05. The van der Waals surface area contributed by atoms with Crippen LogP contribution in [0, 0.1) is 0 Å². The van der Waals surface area contributed by atoms with Crippen LogP contribution in [-0.4, -0.2) is 68.1 Å². The average molecular weight is 331 g/mol. The van der Waals surface area contributed by atoms with Crippen molar-refractivity contribution in [2.75, 3.05) is 40.3 Å². The number of ether oxygens (including phenoxy) is 1. The number of rotatable bonds is 4. The minimum Gasteiger partial charge on any atom is -0.497 e. The predicted molar refractivity (Wildman–Crippen MR) is 95.6 cm³/mol. The Morgan fingerprint density at radius 3 is 2.50 bits per heavy atom. The first-order valence-corrected chi connectivity index (χ1v) is 9.03. The van der Waals surface area contributed by atoms with Gasteiger partial charge in [-0.15, -0.1) is 0 Å². The van der Waals surface area contributed by atoms with E-state index >= 15 is 0 Å². The Labute approximate surface area is 145 Å². The Morgan fingerprint density at radius 1 is 1.12 bits per heavy atom. The lowest BCUT2D eigenvalue weighted by molar-refractivity contribution is 0.0790. The van der Waals surface area contributed by atoms with Gasteiger partial charge in [-0.1, -0.05) is 6.07 Å². The predicted octanol–water partition coefficient (Wildman–Crippen LogP) is 1.98. The number of hydrogen-bond donors (Lipinski definition) is 1. The van der Waals surface area contributed by atoms with Crippen LogP contribution < -0.4 is 10.1 Å². The van der Waals surface area contributed by atoms with Gasteiger partial charge in [0.1, 0.15) is 5.75 Å². The van der Waals surface area contributed by atoms with E-state index < -0.39 is 0 Å². The highest BCUT2D eigenvalue weighted by atomic mass is 16.5. The van der Waals surface area contributed by atoms with Gasteiger partial charge in [0.2, 0.25) is 0 Å². The van der Waals surface area contributed by atoms with Crippen molar-refractivity contribution in [2.24, 2.45) is 0 Å². The summed E-state index contributed by atoms with van der Waals surface area (Å²) < 4.78 is 5.19. The molecular formula is C19H29N3O2. The molecule has 1 aliphatic heterocycles. The molecular weight excluding hydrogens is 302 g/mol. The molecule has 0 bridgehead atoms. The number of methoxy groups -OCH3 is 1. The third-order valence-corrected chi connectivity index (χ3v) is 5.42. The van der Waals surface area contributed by atoms with Crippen LogP contribution in [0.25, 0.3) is 0 Å². The van der Waals surface area contributed by atoms with Gasteiger partial charge in [-0.25, -0.2) is 0 Å². The van der Waals surface area contributed by atoms with E-state index in [1.54, 1.807) is 13.2 Å². The van der Waals surface area contributed by atoms with Gasteiger partial charge in [-0.3, -0.25) is 9.69 Å². The largest absolute Gasteiger partial charge is 0.497 e. The zero-order valence-electron chi connectivity index (χ0n) is 14.8. The molecule has 0 aromatic heterocycles. The maximum absolute atomic E-state index is 12.4. The van der Waals surface area contributed by atoms with Crippen LogP contribution in [0.3, 0.4) is 0 Å². The third kappa shape index (κ3) is 4.28. The molecule has 0 spiro atoms. The van der Waals surface area contributed by atoms with Gasteiger partial charge in [0, 0.05) is 43.8 Å². The first-order valence-electron chi connectivity index (χ1n) is 9.03. The van der Waals surface area contributed by atoms with Crippen LogP contribution >= 0.6 is 0 Å². The average Bonchev–Trinajstić information content (AvgIpc) is 2.63. The summed E-state index contributed by atoms with van der Waals surface area (Å²) in [7, 11) is 3.82. The van der Waals surface area contributed by atoms with Crippen LogP contribution in [0.15, 0.2) is 24.3 Å². The smallest absolute Gasteiger partial charge is 0.251 e. The summed E-state index contributed by atoms with van der Waals surface area (Å²) in [5.41, 5.74) is 0.676. The number of amides is 1. The van der Waals surface area contributed by atoms with E-state index in [0.29, 0.717) is 17.6 Å². The summed E-state index contributed by atoms with van der Waals surface area (Å²) in [6, 6.07) is 8.35. The molecule has 24 heavy (non-hydrogen) atoms. The molecule has 1 saturated carbocycles. The van der Waals surface area contributed by atoms with Gasteiger partial charge < -0.3 is 15.0 Å². The van der Waals surface area contributed by atoms with Crippen molar-refractivity contribution in [1.82, 2.24) is 15.1 Å². The van der Waals surface area contributed by atoms with Crippen molar-refractivity contribution < 1.29 is 9.53 Å². The summed E-state index contributed by atoms with van der Waals surface area (Å²) in [5, 5.41) is 3.20. The molecule has 1 heterocycles. The maximum Gasteiger partial charge on any atom is 0.251 e. The number of likely N-dealkylation sites (N-methyl/N-ethyl adjacent to an activating group) is 1. The minimum atomic E-state index is 0.0111. The van der Waals surface area contributed by atoms with E-state index in [4.69, 9.17) is 4.74 Å². The molecule has 3 rings (SSSR count). The van der Waals surface area contributed by atoms with Gasteiger partial charge in [-0.2, -0.15) is 0 Å². The summed E-state index contributed by atoms with van der Waals surface area (Å²) in [5.74, 6) is 0.735. The van der Waals surface area contributed by atoms with E-state index in [0.717, 1.165) is 18.6 Å². The Kier molecular flexibility index (Phi) is 5.74. The SMILES string of the molecule is COc1cccc(C(=O)N[C@H]2CC[C@H](N3CCN(C)CC3)CC2)c1. The van der Waals surface area contributed by atoms with E-state index in [9.17, 15) is 4.79 Å². The summed E-state index contributed by atoms with van der Waals surface area (Å²) in [4.78, 5) is 17.5. The lowest BCUT2D eigenvalue weighted by Crippen LogP contribution is -2.51. The first kappa shape index (κ1) is 17.2. The Bertz CT molecular complexity index is 547. The molecule has 5 heteroatoms. The normalized spacial score (nSPS) is 26.1. The molecule has 1 aromatic carbocycles. The summed E-state index contributed by atoms with van der Waals surface area (Å²) >= 11 is 0. The molecule has 1 amide bonds. The van der Waals surface area contributed by atoms with Crippen LogP contribution in [0.1, 0.15) is 36.0 Å². The molecule has 1 aromatic rings. The fourth-order valence-electron chi connectivity index (χ4n) is 3.81. The van der Waals surface area contributed by atoms with E-state index in [1.165, 1.54) is 39.0 Å². The van der Waals surface area contributed by atoms with Gasteiger partial charge in [0.05, 0.1) is 7.11 Å². The molecule has 1 N–H and O–H groups in total. The van der Waals surface area contributed by atoms with Crippen LogP contribution in [-0.2, 0) is 0 Å². The first-order chi connectivity index (χ1) is 11.7. The van der Waals surface area contributed by atoms with Crippen LogP contribution in [0.4, 0.5) is 0 Å². The fourth-order valence-corrected chi connectivity index (χ4v) is 3.81. The molecule has 5 nitrogen and oxygen atoms in total. The number of carbonyl (C=O) groups is 1. The molecule has 2 aliphatic rings. The molecule has 1 saturated heterocycles. The van der Waals surface area contributed by atoms with E-state index in [-0.39, 0.29) is 5.91 Å². The Hall–Kier alpha value is -1.59. The molecule has 1 aliphatic carbocycles. The Morgan fingerprint density at radius 2 is 1.83 bits per heavy atom. The van der Waals surface area contributed by atoms with Gasteiger partial charge in [0.25, 0.3) is 5.91 Å². The molecule has 0 radical (unpaired) electrons. The second kappa shape index (κ2) is 7.99. The molecule has 0 unspecified atom stereocenters. The topological polar surface area (TPSA) is 44.8 Å². The highest BCUT2D eigenvalue weighted by molar-refractivity contribution is 5.94. The van der Waals surface area contributed by atoms with Crippen molar-refractivity contribution >= 4 is 5.91 Å². The molecule has 132 valence electrons. The highest BCUT2D eigenvalue weighted by Crippen LogP contribution is 2.24. The van der Waals surface area contributed by atoms with Crippen molar-refractivity contribution in [1.29, 1.82) is 0 Å². The van der Waals surface area contributed by atoms with Crippen molar-refractivity contribution in [2.45, 2.75) is 37.8 Å². The van der Waals surface area contributed by atoms with Crippen molar-refractivity contribution in [3.8, 4) is 5.75 Å². The van der Waals surface area contributed by atoms with Gasteiger partial charge in [-0.05, 0) is 50.9 Å². The van der Waals surface area contributed by atoms with Gasteiger partial charge in [0.15, 0.2) is 0 Å². The number of nitrogens with one attached hydrogen (secondary N) is 1. The highest BCUT2D eigenvalue weighted by Gasteiger charge is 2.28. The standard InChI is InChI=1S/C19H29N3O2/c1-21-10-12-22(13-11-21)17-8-6-16(7-9-17)20-19(23)15-4-3-5-18(14-15)24-2/h3-5,14,16-17H,6-13H2,1-2H3,(H,20,23)/t16-,17-. The lowest BCUT2D eigenvalue weighted by atomic mass is 9.89. The summed E-state index contributed by atoms with van der Waals surface area (Å²) in [6.45, 7) is 4.71. The third-order valence-electron chi connectivity index (χ3n) is 5.42. The maximum atomic E-state index is 12.4. The molecule has 2 fully saturated rings. The van der Waals surface area contributed by atoms with Gasteiger partial charge >= 0.3 is 0 Å². The number of piperazine rings is 1. The van der Waals surface area contributed by atoms with E-state index in [2.05, 4.69) is 22.2 Å². The van der Waals surface area contributed by atoms with Crippen molar-refractivity contribution in [3.63, 3.8) is 0 Å². The van der Waals surface area contributed by atoms with Crippen molar-refractivity contribution in [3.05, 3.63) is 29.8 Å². The van der Waals surface area contributed by atoms with E-state index in [1.807, 2.05) is 18.2 Å². The zero-order chi connectivity index (χ0) is 16.9. The van der Waals surface area contributed by atoms with Crippen LogP contribution in [0.5, 0.6) is 5.75 Å². The zero-order valence-corrected chi connectivity index (χ0v) is 14.8. The second-order valence-electron chi connectivity index (χ2n) is 7.05. The number of hydrogen-bond acceptors (Lipinski definition) is 4. The summed E-state index contributed by atoms with van der Waals surface area (Å²) in [6.07, 6.45) is 4.53. The monoisotopic (exact) mass is 331 g/mol. The number of benzene rings is 1. The minimum absolute atomic E-state index is 0.0111. The fraction of sp³-hybridized carbons (Fsp3) is 0.632.